The molecule has 2 saturated heterocycles. The van der Waals surface area contributed by atoms with Crippen molar-refractivity contribution >= 4 is 34.8 Å². The lowest BCUT2D eigenvalue weighted by Crippen LogP contribution is -2.44. The van der Waals surface area contributed by atoms with Crippen molar-refractivity contribution in [1.82, 2.24) is 10.6 Å². The number of amides is 3. The first-order valence-electron chi connectivity index (χ1n) is 14.4. The second-order valence-corrected chi connectivity index (χ2v) is 11.1. The molecule has 218 valence electrons. The van der Waals surface area contributed by atoms with Gasteiger partial charge >= 0.3 is 0 Å². The number of fused-ring (bicyclic) bond motifs is 1. The van der Waals surface area contributed by atoms with E-state index >= 15 is 0 Å². The fraction of sp³-hybridized carbons (Fsp3) is 0.452. The molecule has 3 heterocycles. The third kappa shape index (κ3) is 6.06. The van der Waals surface area contributed by atoms with Crippen LogP contribution in [0.2, 0.25) is 0 Å². The lowest BCUT2D eigenvalue weighted by molar-refractivity contribution is -0.139. The van der Waals surface area contributed by atoms with Crippen molar-refractivity contribution in [2.45, 2.75) is 63.3 Å². The summed E-state index contributed by atoms with van der Waals surface area (Å²) >= 11 is 0. The van der Waals surface area contributed by atoms with Crippen LogP contribution in [0.1, 0.15) is 50.2 Å². The maximum absolute atomic E-state index is 14.0. The molecule has 4 atom stereocenters. The van der Waals surface area contributed by atoms with Crippen molar-refractivity contribution in [3.8, 4) is 0 Å². The minimum atomic E-state index is -1.87. The number of nitrogens with zero attached hydrogens (tertiary/aromatic N) is 1. The molecule has 0 aliphatic carbocycles. The topological polar surface area (TPSA) is 143 Å². The van der Waals surface area contributed by atoms with E-state index in [2.05, 4.69) is 21.3 Å². The normalized spacial score (nSPS) is 24.6. The number of carbonyl (C=O) groups excluding carboxylic acids is 3. The van der Waals surface area contributed by atoms with Crippen LogP contribution in [0.15, 0.2) is 54.6 Å². The molecular weight excluding hydrogens is 522 g/mol. The van der Waals surface area contributed by atoms with Gasteiger partial charge in [0.25, 0.3) is 5.91 Å². The van der Waals surface area contributed by atoms with Gasteiger partial charge in [0, 0.05) is 29.5 Å². The van der Waals surface area contributed by atoms with E-state index in [1.54, 1.807) is 42.2 Å². The predicted molar refractivity (Wildman–Crippen MR) is 157 cm³/mol. The molecule has 3 amide bonds. The maximum atomic E-state index is 14.0. The molecule has 3 aliphatic rings. The number of benzene rings is 2. The Balaban J connectivity index is 1.42. The third-order valence-corrected chi connectivity index (χ3v) is 8.21. The number of carbonyl (C=O) groups is 3. The van der Waals surface area contributed by atoms with Crippen LogP contribution in [0.5, 0.6) is 0 Å². The van der Waals surface area contributed by atoms with Gasteiger partial charge in [-0.15, -0.1) is 0 Å². The summed E-state index contributed by atoms with van der Waals surface area (Å²) < 4.78 is 0. The zero-order valence-corrected chi connectivity index (χ0v) is 23.4. The number of aliphatic hydroxyl groups excluding tert-OH is 1. The summed E-state index contributed by atoms with van der Waals surface area (Å²) in [7, 11) is 0. The molecule has 0 saturated carbocycles. The molecule has 0 bridgehead atoms. The van der Waals surface area contributed by atoms with Crippen molar-refractivity contribution in [2.75, 3.05) is 35.2 Å². The molecule has 3 aliphatic heterocycles. The molecule has 0 unspecified atom stereocenters. The molecule has 5 rings (SSSR count). The Morgan fingerprint density at radius 2 is 1.71 bits per heavy atom. The molecule has 0 aromatic heterocycles. The summed E-state index contributed by atoms with van der Waals surface area (Å²) in [5, 5.41) is 33.5. The minimum Gasteiger partial charge on any atom is -0.396 e. The number of aliphatic hydroxyl groups is 2. The van der Waals surface area contributed by atoms with Crippen LogP contribution in [-0.4, -0.2) is 59.7 Å². The van der Waals surface area contributed by atoms with E-state index in [4.69, 9.17) is 0 Å². The van der Waals surface area contributed by atoms with Crippen LogP contribution in [0.3, 0.4) is 0 Å². The highest BCUT2D eigenvalue weighted by Gasteiger charge is 2.52. The minimum absolute atomic E-state index is 0.0343. The number of hydrogen-bond acceptors (Lipinski definition) is 7. The van der Waals surface area contributed by atoms with Gasteiger partial charge in [0.2, 0.25) is 11.8 Å². The van der Waals surface area contributed by atoms with Crippen molar-refractivity contribution < 1.29 is 24.6 Å². The number of hydrogen-bond donors (Lipinski definition) is 6. The highest BCUT2D eigenvalue weighted by Crippen LogP contribution is 2.47. The van der Waals surface area contributed by atoms with Crippen LogP contribution in [0.25, 0.3) is 0 Å². The van der Waals surface area contributed by atoms with Crippen molar-refractivity contribution in [2.24, 2.45) is 5.92 Å². The molecule has 2 aromatic carbocycles. The molecule has 2 aromatic rings. The Labute approximate surface area is 240 Å². The van der Waals surface area contributed by atoms with Gasteiger partial charge < -0.3 is 36.4 Å². The first-order valence-corrected chi connectivity index (χ1v) is 14.4. The highest BCUT2D eigenvalue weighted by atomic mass is 16.3. The number of rotatable bonds is 10. The molecule has 0 radical (unpaired) electrons. The van der Waals surface area contributed by atoms with Gasteiger partial charge in [-0.2, -0.15) is 0 Å². The molecule has 10 heteroatoms. The monoisotopic (exact) mass is 561 g/mol. The zero-order valence-electron chi connectivity index (χ0n) is 23.4. The molecule has 2 fully saturated rings. The second-order valence-electron chi connectivity index (χ2n) is 11.1. The summed E-state index contributed by atoms with van der Waals surface area (Å²) in [6.45, 7) is 3.54. The summed E-state index contributed by atoms with van der Waals surface area (Å²) in [5.74, 6) is -1.30. The van der Waals surface area contributed by atoms with E-state index in [1.165, 1.54) is 0 Å². The number of anilines is 3. The molecule has 41 heavy (non-hydrogen) atoms. The van der Waals surface area contributed by atoms with E-state index in [9.17, 15) is 24.6 Å². The van der Waals surface area contributed by atoms with Gasteiger partial charge in [-0.1, -0.05) is 31.2 Å². The largest absolute Gasteiger partial charge is 0.396 e. The van der Waals surface area contributed by atoms with E-state index in [-0.39, 0.29) is 37.0 Å². The third-order valence-electron chi connectivity index (χ3n) is 8.21. The Kier molecular flexibility index (Phi) is 8.84. The maximum Gasteiger partial charge on any atom is 0.264 e. The van der Waals surface area contributed by atoms with E-state index in [0.29, 0.717) is 29.0 Å². The van der Waals surface area contributed by atoms with Gasteiger partial charge in [-0.25, -0.2) is 0 Å². The highest BCUT2D eigenvalue weighted by molar-refractivity contribution is 6.08. The quantitative estimate of drug-likeness (QED) is 0.245. The Hall–Kier alpha value is -3.57. The van der Waals surface area contributed by atoms with Crippen LogP contribution < -0.4 is 26.2 Å². The summed E-state index contributed by atoms with van der Waals surface area (Å²) in [4.78, 5) is 40.9. The van der Waals surface area contributed by atoms with Crippen LogP contribution in [0.4, 0.5) is 17.1 Å². The van der Waals surface area contributed by atoms with Crippen LogP contribution in [0, 0.1) is 5.92 Å². The molecule has 6 N–H and O–H groups in total. The summed E-state index contributed by atoms with van der Waals surface area (Å²) in [6.07, 6.45) is 7.36. The Morgan fingerprint density at radius 1 is 1.05 bits per heavy atom. The standard InChI is InChI=1S/C31H39N5O5/c1-20(7-2-3-16-37)31(41)24-18-23(35-29(39)26-11-6-15-33-26)12-13-27(24)36(30(31)40)19-21-8-4-9-22(17-21)34-28(38)25-10-5-14-32-25/h2,4,7-9,12-13,17-18,20,25-26,32-33,37,41H,3,5-6,10-11,14-16,19H2,1H3,(H,34,38)(H,35,39)/b7-2+/t20-,25+,26+,31+/m0/s1. The fourth-order valence-electron chi connectivity index (χ4n) is 5.90. The van der Waals surface area contributed by atoms with E-state index in [1.807, 2.05) is 24.3 Å². The Bertz CT molecular complexity index is 1320. The van der Waals surface area contributed by atoms with Crippen LogP contribution >= 0.6 is 0 Å². The Morgan fingerprint density at radius 3 is 2.32 bits per heavy atom. The average molecular weight is 562 g/mol. The van der Waals surface area contributed by atoms with Crippen LogP contribution in [-0.2, 0) is 26.5 Å². The molecule has 0 spiro atoms. The first kappa shape index (κ1) is 28.9. The first-order chi connectivity index (χ1) is 19.8. The van der Waals surface area contributed by atoms with Gasteiger partial charge in [-0.05, 0) is 81.1 Å². The lowest BCUT2D eigenvalue weighted by atomic mass is 9.82. The van der Waals surface area contributed by atoms with Gasteiger partial charge in [0.1, 0.15) is 0 Å². The van der Waals surface area contributed by atoms with Gasteiger partial charge in [0.15, 0.2) is 5.60 Å². The molecule has 10 nitrogen and oxygen atoms in total. The SMILES string of the molecule is C[C@@H](/C=C/CCO)[C@]1(O)C(=O)N(Cc2cccc(NC(=O)[C@H]3CCCN3)c2)c2ccc(NC(=O)[C@H]3CCCN3)cc21. The van der Waals surface area contributed by atoms with Crippen molar-refractivity contribution in [1.29, 1.82) is 0 Å². The molecular formula is C31H39N5O5. The summed E-state index contributed by atoms with van der Waals surface area (Å²) in [5.41, 5.74) is 1.04. The zero-order chi connectivity index (χ0) is 29.0. The van der Waals surface area contributed by atoms with E-state index in [0.717, 1.165) is 44.3 Å². The number of nitrogens with one attached hydrogen (secondary N) is 4. The van der Waals surface area contributed by atoms with Crippen molar-refractivity contribution in [3.05, 3.63) is 65.7 Å². The fourth-order valence-corrected chi connectivity index (χ4v) is 5.90. The second kappa shape index (κ2) is 12.5. The smallest absolute Gasteiger partial charge is 0.264 e. The predicted octanol–water partition coefficient (Wildman–Crippen LogP) is 2.38. The lowest BCUT2D eigenvalue weighted by Gasteiger charge is -2.28. The van der Waals surface area contributed by atoms with Gasteiger partial charge in [-0.3, -0.25) is 14.4 Å². The average Bonchev–Trinajstić information content (AvgIpc) is 3.74. The summed E-state index contributed by atoms with van der Waals surface area (Å²) in [6, 6.07) is 12.1. The van der Waals surface area contributed by atoms with Crippen molar-refractivity contribution in [3.63, 3.8) is 0 Å². The van der Waals surface area contributed by atoms with E-state index < -0.39 is 17.4 Å². The van der Waals surface area contributed by atoms with Gasteiger partial charge in [0.05, 0.1) is 24.3 Å².